The predicted molar refractivity (Wildman–Crippen MR) is 52.0 cm³/mol. The summed E-state index contributed by atoms with van der Waals surface area (Å²) >= 11 is 5.82. The molecule has 72 valence electrons. The van der Waals surface area contributed by atoms with Crippen LogP contribution in [0.5, 0.6) is 5.75 Å². The van der Waals surface area contributed by atoms with Crippen LogP contribution < -0.4 is 10.5 Å². The molecule has 1 rings (SSSR count). The number of benzene rings is 1. The minimum Gasteiger partial charge on any atom is -0.490 e. The van der Waals surface area contributed by atoms with Gasteiger partial charge in [0.05, 0.1) is 17.7 Å². The van der Waals surface area contributed by atoms with Gasteiger partial charge in [0.2, 0.25) is 0 Å². The van der Waals surface area contributed by atoms with Crippen LogP contribution in [0.1, 0.15) is 0 Å². The van der Waals surface area contributed by atoms with Crippen molar-refractivity contribution in [1.29, 1.82) is 0 Å². The molecule has 13 heavy (non-hydrogen) atoms. The van der Waals surface area contributed by atoms with Gasteiger partial charge in [-0.05, 0) is 12.1 Å². The normalized spacial score (nSPS) is 12.5. The molecule has 0 aliphatic carbocycles. The fourth-order valence-electron chi connectivity index (χ4n) is 0.811. The summed E-state index contributed by atoms with van der Waals surface area (Å²) in [7, 11) is 0. The molecule has 3 nitrogen and oxygen atoms in total. The molecule has 0 aliphatic rings. The van der Waals surface area contributed by atoms with Crippen LogP contribution in [0.3, 0.4) is 0 Å². The number of para-hydroxylation sites is 1. The van der Waals surface area contributed by atoms with Gasteiger partial charge in [0.15, 0.2) is 0 Å². The van der Waals surface area contributed by atoms with Crippen LogP contribution >= 0.6 is 11.6 Å². The molecule has 1 aromatic carbocycles. The number of aliphatic hydroxyl groups is 1. The summed E-state index contributed by atoms with van der Waals surface area (Å²) in [5.74, 6) is 0.591. The molecule has 0 radical (unpaired) electrons. The predicted octanol–water partition coefficient (Wildman–Crippen LogP) is 1.04. The molecule has 4 heteroatoms. The zero-order valence-electron chi connectivity index (χ0n) is 7.11. The van der Waals surface area contributed by atoms with E-state index in [1.54, 1.807) is 12.1 Å². The molecule has 1 unspecified atom stereocenters. The molecule has 0 saturated heterocycles. The molecular weight excluding hydrogens is 190 g/mol. The molecular formula is C9H12ClNO2. The smallest absolute Gasteiger partial charge is 0.137 e. The van der Waals surface area contributed by atoms with Crippen LogP contribution in [0.2, 0.25) is 5.02 Å². The standard InChI is InChI=1S/C9H12ClNO2/c10-8-3-1-2-4-9(8)13-6-7(11)5-12/h1-4,7,12H,5-6,11H2. The van der Waals surface area contributed by atoms with E-state index in [9.17, 15) is 0 Å². The molecule has 3 N–H and O–H groups in total. The second kappa shape index (κ2) is 5.07. The fraction of sp³-hybridized carbons (Fsp3) is 0.333. The van der Waals surface area contributed by atoms with Gasteiger partial charge in [-0.3, -0.25) is 0 Å². The van der Waals surface area contributed by atoms with Crippen molar-refractivity contribution in [3.8, 4) is 5.75 Å². The summed E-state index contributed by atoms with van der Waals surface area (Å²) in [4.78, 5) is 0. The van der Waals surface area contributed by atoms with Gasteiger partial charge >= 0.3 is 0 Å². The van der Waals surface area contributed by atoms with Gasteiger partial charge in [0.25, 0.3) is 0 Å². The summed E-state index contributed by atoms with van der Waals surface area (Å²) in [5, 5.41) is 9.19. The highest BCUT2D eigenvalue weighted by Gasteiger charge is 2.03. The number of hydrogen-bond acceptors (Lipinski definition) is 3. The molecule has 0 fully saturated rings. The van der Waals surface area contributed by atoms with Gasteiger partial charge in [0, 0.05) is 0 Å². The average molecular weight is 202 g/mol. The Morgan fingerprint density at radius 2 is 2.15 bits per heavy atom. The van der Waals surface area contributed by atoms with Crippen molar-refractivity contribution in [3.63, 3.8) is 0 Å². The number of rotatable bonds is 4. The van der Waals surface area contributed by atoms with E-state index in [0.29, 0.717) is 10.8 Å². The van der Waals surface area contributed by atoms with Crippen molar-refractivity contribution in [2.45, 2.75) is 6.04 Å². The topological polar surface area (TPSA) is 55.5 Å². The molecule has 0 saturated carbocycles. The summed E-state index contributed by atoms with van der Waals surface area (Å²) in [6, 6.07) is 6.77. The third kappa shape index (κ3) is 3.22. The van der Waals surface area contributed by atoms with Gasteiger partial charge < -0.3 is 15.6 Å². The molecule has 0 spiro atoms. The van der Waals surface area contributed by atoms with Crippen molar-refractivity contribution in [2.24, 2.45) is 5.73 Å². The highest BCUT2D eigenvalue weighted by atomic mass is 35.5. The van der Waals surface area contributed by atoms with E-state index < -0.39 is 0 Å². The Kier molecular flexibility index (Phi) is 4.02. The average Bonchev–Trinajstić information content (AvgIpc) is 2.16. The highest BCUT2D eigenvalue weighted by molar-refractivity contribution is 6.32. The number of ether oxygens (including phenoxy) is 1. The van der Waals surface area contributed by atoms with E-state index in [4.69, 9.17) is 27.2 Å². The Bertz CT molecular complexity index is 268. The first kappa shape index (κ1) is 10.3. The first-order valence-electron chi connectivity index (χ1n) is 3.98. The first-order chi connectivity index (χ1) is 6.24. The van der Waals surface area contributed by atoms with Crippen LogP contribution in [-0.2, 0) is 0 Å². The fourth-order valence-corrected chi connectivity index (χ4v) is 1.00. The van der Waals surface area contributed by atoms with Gasteiger partial charge in [-0.1, -0.05) is 23.7 Å². The molecule has 1 aromatic rings. The van der Waals surface area contributed by atoms with Gasteiger partial charge in [-0.15, -0.1) is 0 Å². The van der Waals surface area contributed by atoms with Crippen LogP contribution in [0.4, 0.5) is 0 Å². The number of nitrogens with two attached hydrogens (primary N) is 1. The van der Waals surface area contributed by atoms with Gasteiger partial charge in [-0.25, -0.2) is 0 Å². The number of halogens is 1. The third-order valence-electron chi connectivity index (χ3n) is 1.52. The molecule has 1 atom stereocenters. The highest BCUT2D eigenvalue weighted by Crippen LogP contribution is 2.22. The van der Waals surface area contributed by atoms with E-state index in [2.05, 4.69) is 0 Å². The van der Waals surface area contributed by atoms with Gasteiger partial charge in [-0.2, -0.15) is 0 Å². The SMILES string of the molecule is NC(CO)COc1ccccc1Cl. The van der Waals surface area contributed by atoms with Crippen molar-refractivity contribution in [3.05, 3.63) is 29.3 Å². The van der Waals surface area contributed by atoms with Gasteiger partial charge in [0.1, 0.15) is 12.4 Å². The van der Waals surface area contributed by atoms with Crippen molar-refractivity contribution >= 4 is 11.6 Å². The van der Waals surface area contributed by atoms with Crippen molar-refractivity contribution in [2.75, 3.05) is 13.2 Å². The number of hydrogen-bond donors (Lipinski definition) is 2. The largest absolute Gasteiger partial charge is 0.490 e. The van der Waals surface area contributed by atoms with E-state index in [0.717, 1.165) is 0 Å². The van der Waals surface area contributed by atoms with Crippen molar-refractivity contribution < 1.29 is 9.84 Å². The Morgan fingerprint density at radius 1 is 1.46 bits per heavy atom. The Balaban J connectivity index is 2.50. The zero-order valence-corrected chi connectivity index (χ0v) is 7.87. The van der Waals surface area contributed by atoms with Crippen LogP contribution in [0, 0.1) is 0 Å². The minimum atomic E-state index is -0.365. The molecule has 0 aromatic heterocycles. The lowest BCUT2D eigenvalue weighted by molar-refractivity contribution is 0.206. The summed E-state index contributed by atoms with van der Waals surface area (Å²) in [6.07, 6.45) is 0. The van der Waals surface area contributed by atoms with Crippen LogP contribution in [0.15, 0.2) is 24.3 Å². The lowest BCUT2D eigenvalue weighted by Gasteiger charge is -2.11. The second-order valence-corrected chi connectivity index (χ2v) is 3.09. The maximum absolute atomic E-state index is 8.64. The molecule has 0 bridgehead atoms. The monoisotopic (exact) mass is 201 g/mol. The lowest BCUT2D eigenvalue weighted by atomic mass is 10.3. The zero-order chi connectivity index (χ0) is 9.68. The van der Waals surface area contributed by atoms with Crippen molar-refractivity contribution in [1.82, 2.24) is 0 Å². The maximum atomic E-state index is 8.64. The quantitative estimate of drug-likeness (QED) is 0.766. The van der Waals surface area contributed by atoms with Crippen LogP contribution in [-0.4, -0.2) is 24.4 Å². The summed E-state index contributed by atoms with van der Waals surface area (Å²) in [5.41, 5.74) is 5.45. The molecule has 0 heterocycles. The Morgan fingerprint density at radius 3 is 2.77 bits per heavy atom. The molecule has 0 amide bonds. The van der Waals surface area contributed by atoms with Crippen LogP contribution in [0.25, 0.3) is 0 Å². The summed E-state index contributed by atoms with van der Waals surface area (Å²) < 4.78 is 5.27. The van der Waals surface area contributed by atoms with E-state index in [1.165, 1.54) is 0 Å². The second-order valence-electron chi connectivity index (χ2n) is 2.68. The Labute approximate surface area is 82.1 Å². The minimum absolute atomic E-state index is 0.0928. The Hall–Kier alpha value is -0.770. The number of aliphatic hydroxyl groups excluding tert-OH is 1. The van der Waals surface area contributed by atoms with E-state index in [-0.39, 0.29) is 19.3 Å². The molecule has 0 aliphatic heterocycles. The first-order valence-corrected chi connectivity index (χ1v) is 4.35. The summed E-state index contributed by atoms with van der Waals surface area (Å²) in [6.45, 7) is 0.171. The maximum Gasteiger partial charge on any atom is 0.137 e. The third-order valence-corrected chi connectivity index (χ3v) is 1.84. The van der Waals surface area contributed by atoms with E-state index >= 15 is 0 Å². The van der Waals surface area contributed by atoms with E-state index in [1.807, 2.05) is 12.1 Å². The lowest BCUT2D eigenvalue weighted by Crippen LogP contribution is -2.31.